The van der Waals surface area contributed by atoms with Crippen LogP contribution < -0.4 is 0 Å². The van der Waals surface area contributed by atoms with Gasteiger partial charge in [-0.3, -0.25) is 4.79 Å². The van der Waals surface area contributed by atoms with Crippen molar-refractivity contribution in [1.29, 1.82) is 0 Å². The summed E-state index contributed by atoms with van der Waals surface area (Å²) >= 11 is 0. The molecule has 0 aromatic carbocycles. The number of unbranched alkanes of at least 4 members (excludes halogenated alkanes) is 5. The van der Waals surface area contributed by atoms with E-state index in [1.165, 1.54) is 0 Å². The van der Waals surface area contributed by atoms with Gasteiger partial charge in [-0.1, -0.05) is 46.0 Å². The Hall–Kier alpha value is -1.06. The van der Waals surface area contributed by atoms with Gasteiger partial charge in [-0.25, -0.2) is 9.90 Å². The van der Waals surface area contributed by atoms with E-state index in [1.807, 2.05) is 6.92 Å². The fourth-order valence-corrected chi connectivity index (χ4v) is 1.72. The molecule has 0 heterocycles. The zero-order valence-corrected chi connectivity index (χ0v) is 11.6. The first-order chi connectivity index (χ1) is 8.61. The lowest BCUT2D eigenvalue weighted by atomic mass is 10.1. The van der Waals surface area contributed by atoms with Crippen molar-refractivity contribution in [3.05, 3.63) is 0 Å². The van der Waals surface area contributed by atoms with E-state index in [0.717, 1.165) is 44.9 Å². The zero-order chi connectivity index (χ0) is 13.8. The predicted molar refractivity (Wildman–Crippen MR) is 68.5 cm³/mol. The van der Waals surface area contributed by atoms with Gasteiger partial charge in [0.25, 0.3) is 0 Å². The Morgan fingerprint density at radius 3 is 2.11 bits per heavy atom. The molecular formula is C14H25O4. The first-order valence-corrected chi connectivity index (χ1v) is 7.02. The van der Waals surface area contributed by atoms with E-state index >= 15 is 0 Å². The largest absolute Gasteiger partial charge is 0.450 e. The standard InChI is InChI=1S/C14H25O4/c1-3-5-7-9-11-13(15)18-12(14(16)17)10-8-6-4-2/h12H,3-11H2,1-2H3. The van der Waals surface area contributed by atoms with E-state index in [2.05, 4.69) is 6.92 Å². The Labute approximate surface area is 110 Å². The first-order valence-electron chi connectivity index (χ1n) is 7.02. The van der Waals surface area contributed by atoms with Crippen molar-refractivity contribution < 1.29 is 19.4 Å². The van der Waals surface area contributed by atoms with Crippen molar-refractivity contribution in [2.75, 3.05) is 0 Å². The second-order valence-corrected chi connectivity index (χ2v) is 4.60. The Kier molecular flexibility index (Phi) is 10.4. The van der Waals surface area contributed by atoms with Crippen LogP contribution in [0.5, 0.6) is 0 Å². The molecule has 0 aromatic rings. The van der Waals surface area contributed by atoms with Crippen molar-refractivity contribution >= 4 is 11.9 Å². The third kappa shape index (κ3) is 9.02. The molecule has 0 aliphatic heterocycles. The highest BCUT2D eigenvalue weighted by Gasteiger charge is 2.22. The summed E-state index contributed by atoms with van der Waals surface area (Å²) in [7, 11) is 0. The molecule has 0 spiro atoms. The van der Waals surface area contributed by atoms with Crippen molar-refractivity contribution in [2.24, 2.45) is 0 Å². The lowest BCUT2D eigenvalue weighted by Crippen LogP contribution is -2.26. The van der Waals surface area contributed by atoms with Gasteiger partial charge in [0.1, 0.15) is 0 Å². The molecular weight excluding hydrogens is 232 g/mol. The number of hydrogen-bond donors (Lipinski definition) is 0. The van der Waals surface area contributed by atoms with Crippen molar-refractivity contribution in [3.8, 4) is 0 Å². The zero-order valence-electron chi connectivity index (χ0n) is 11.6. The van der Waals surface area contributed by atoms with Gasteiger partial charge in [0.15, 0.2) is 0 Å². The van der Waals surface area contributed by atoms with Crippen molar-refractivity contribution in [2.45, 2.75) is 77.7 Å². The molecule has 0 saturated carbocycles. The number of carbonyl (C=O) groups is 2. The predicted octanol–water partition coefficient (Wildman–Crippen LogP) is 3.41. The van der Waals surface area contributed by atoms with E-state index in [-0.39, 0.29) is 0 Å². The van der Waals surface area contributed by atoms with Crippen LogP contribution in [0.4, 0.5) is 0 Å². The highest BCUT2D eigenvalue weighted by atomic mass is 16.6. The van der Waals surface area contributed by atoms with Gasteiger partial charge < -0.3 is 4.74 Å². The van der Waals surface area contributed by atoms with Crippen LogP contribution in [0.25, 0.3) is 0 Å². The second-order valence-electron chi connectivity index (χ2n) is 4.60. The van der Waals surface area contributed by atoms with Crippen LogP contribution in [0.2, 0.25) is 0 Å². The van der Waals surface area contributed by atoms with Crippen molar-refractivity contribution in [1.82, 2.24) is 0 Å². The summed E-state index contributed by atoms with van der Waals surface area (Å²) in [4.78, 5) is 22.3. The molecule has 1 radical (unpaired) electrons. The van der Waals surface area contributed by atoms with E-state index < -0.39 is 18.0 Å². The van der Waals surface area contributed by atoms with Gasteiger partial charge in [0.2, 0.25) is 6.10 Å². The van der Waals surface area contributed by atoms with Crippen LogP contribution in [0.3, 0.4) is 0 Å². The highest BCUT2D eigenvalue weighted by molar-refractivity contribution is 5.77. The van der Waals surface area contributed by atoms with Crippen LogP contribution in [0.1, 0.15) is 71.6 Å². The summed E-state index contributed by atoms with van der Waals surface area (Å²) in [6.45, 7) is 4.13. The molecule has 0 aliphatic carbocycles. The van der Waals surface area contributed by atoms with Crippen LogP contribution in [-0.4, -0.2) is 18.0 Å². The molecule has 0 N–H and O–H groups in total. The van der Waals surface area contributed by atoms with Gasteiger partial charge >= 0.3 is 11.9 Å². The lowest BCUT2D eigenvalue weighted by molar-refractivity contribution is -0.168. The molecule has 0 saturated heterocycles. The van der Waals surface area contributed by atoms with Crippen LogP contribution in [0, 0.1) is 0 Å². The van der Waals surface area contributed by atoms with Gasteiger partial charge in [0, 0.05) is 6.42 Å². The molecule has 4 heteroatoms. The van der Waals surface area contributed by atoms with E-state index in [1.54, 1.807) is 0 Å². The molecule has 1 unspecified atom stereocenters. The van der Waals surface area contributed by atoms with Gasteiger partial charge in [-0.15, -0.1) is 0 Å². The van der Waals surface area contributed by atoms with Crippen LogP contribution >= 0.6 is 0 Å². The summed E-state index contributed by atoms with van der Waals surface area (Å²) in [5, 5.41) is 10.8. The Bertz CT molecular complexity index is 238. The minimum Gasteiger partial charge on any atom is -0.450 e. The normalized spacial score (nSPS) is 12.1. The maximum atomic E-state index is 11.4. The maximum absolute atomic E-state index is 11.4. The average molecular weight is 257 g/mol. The van der Waals surface area contributed by atoms with Gasteiger partial charge in [0.05, 0.1) is 0 Å². The lowest BCUT2D eigenvalue weighted by Gasteiger charge is -2.12. The third-order valence-electron chi connectivity index (χ3n) is 2.84. The molecule has 0 rings (SSSR count). The number of rotatable bonds is 11. The second kappa shape index (κ2) is 11.1. The quantitative estimate of drug-likeness (QED) is 0.421. The summed E-state index contributed by atoms with van der Waals surface area (Å²) in [5.74, 6) is -1.70. The van der Waals surface area contributed by atoms with Crippen LogP contribution in [-0.2, 0) is 19.4 Å². The summed E-state index contributed by atoms with van der Waals surface area (Å²) in [6, 6.07) is 0. The molecule has 0 amide bonds. The summed E-state index contributed by atoms with van der Waals surface area (Å²) < 4.78 is 4.94. The van der Waals surface area contributed by atoms with Gasteiger partial charge in [-0.05, 0) is 19.3 Å². The average Bonchev–Trinajstić information content (AvgIpc) is 2.33. The molecule has 0 aromatic heterocycles. The summed E-state index contributed by atoms with van der Waals surface area (Å²) in [6.07, 6.45) is 6.23. The monoisotopic (exact) mass is 257 g/mol. The molecule has 0 aliphatic rings. The molecule has 105 valence electrons. The minimum absolute atomic E-state index is 0.303. The number of carbonyl (C=O) groups excluding carboxylic acids is 2. The molecule has 0 bridgehead atoms. The minimum atomic E-state index is -1.28. The third-order valence-corrected chi connectivity index (χ3v) is 2.84. The maximum Gasteiger partial charge on any atom is 0.395 e. The SMILES string of the molecule is CCCCCCC(=O)OC(CCCCC)C([O])=O. The van der Waals surface area contributed by atoms with E-state index in [0.29, 0.717) is 12.8 Å². The number of esters is 1. The highest BCUT2D eigenvalue weighted by Crippen LogP contribution is 2.10. The number of ether oxygens (including phenoxy) is 1. The Morgan fingerprint density at radius 2 is 1.56 bits per heavy atom. The molecule has 0 fully saturated rings. The Balaban J connectivity index is 3.85. The topological polar surface area (TPSA) is 63.3 Å². The van der Waals surface area contributed by atoms with Gasteiger partial charge in [-0.2, -0.15) is 0 Å². The fourth-order valence-electron chi connectivity index (χ4n) is 1.72. The molecule has 4 nitrogen and oxygen atoms in total. The summed E-state index contributed by atoms with van der Waals surface area (Å²) in [5.41, 5.74) is 0. The van der Waals surface area contributed by atoms with Crippen molar-refractivity contribution in [3.63, 3.8) is 0 Å². The molecule has 1 atom stereocenters. The number of hydrogen-bond acceptors (Lipinski definition) is 3. The van der Waals surface area contributed by atoms with Crippen LogP contribution in [0.15, 0.2) is 0 Å². The Morgan fingerprint density at radius 1 is 0.944 bits per heavy atom. The molecule has 18 heavy (non-hydrogen) atoms. The van der Waals surface area contributed by atoms with E-state index in [4.69, 9.17) is 4.74 Å². The first kappa shape index (κ1) is 16.9. The fraction of sp³-hybridized carbons (Fsp3) is 0.857. The van der Waals surface area contributed by atoms with E-state index in [9.17, 15) is 14.7 Å². The smallest absolute Gasteiger partial charge is 0.395 e.